The van der Waals surface area contributed by atoms with E-state index in [1.165, 1.54) is 35.4 Å². The number of hydrogen-bond donors (Lipinski definition) is 7. The molecule has 0 amide bonds. The molecule has 3 fully saturated rings. The highest BCUT2D eigenvalue weighted by atomic mass is 16.8. The normalized spacial score (nSPS) is 43.0. The topological polar surface area (TPSA) is 243 Å². The molecular formula is C28H52O18. The van der Waals surface area contributed by atoms with Crippen LogP contribution in [0.15, 0.2) is 0 Å². The van der Waals surface area contributed by atoms with E-state index >= 15 is 0 Å². The van der Waals surface area contributed by atoms with Crippen LogP contribution in [0, 0.1) is 0 Å². The summed E-state index contributed by atoms with van der Waals surface area (Å²) in [5.41, 5.74) is 0. The van der Waals surface area contributed by atoms with Gasteiger partial charge in [-0.25, -0.2) is 0 Å². The van der Waals surface area contributed by atoms with E-state index in [-0.39, 0.29) is 26.4 Å². The Kier molecular flexibility index (Phi) is 15.4. The van der Waals surface area contributed by atoms with Crippen molar-refractivity contribution in [1.29, 1.82) is 0 Å². The minimum absolute atomic E-state index is 0.0509. The summed E-state index contributed by atoms with van der Waals surface area (Å²) in [7, 11) is 5.41. The zero-order chi connectivity index (χ0) is 34.3. The van der Waals surface area contributed by atoms with Gasteiger partial charge in [0.2, 0.25) is 0 Å². The molecule has 18 nitrogen and oxygen atoms in total. The first kappa shape index (κ1) is 39.7. The fourth-order valence-electron chi connectivity index (χ4n) is 5.43. The molecule has 272 valence electrons. The van der Waals surface area contributed by atoms with Crippen molar-refractivity contribution in [3.8, 4) is 0 Å². The molecule has 0 aliphatic carbocycles. The molecule has 16 atom stereocenters. The molecular weight excluding hydrogens is 624 g/mol. The monoisotopic (exact) mass is 676 g/mol. The highest BCUT2D eigenvalue weighted by Crippen LogP contribution is 2.35. The van der Waals surface area contributed by atoms with Gasteiger partial charge in [-0.2, -0.15) is 0 Å². The molecule has 7 N–H and O–H groups in total. The molecule has 0 aromatic heterocycles. The maximum Gasteiger partial charge on any atom is 0.187 e. The van der Waals surface area contributed by atoms with Gasteiger partial charge in [0.05, 0.1) is 32.5 Å². The Labute approximate surface area is 267 Å². The Bertz CT molecular complexity index is 881. The highest BCUT2D eigenvalue weighted by Gasteiger charge is 2.55. The van der Waals surface area contributed by atoms with E-state index in [0.29, 0.717) is 0 Å². The third-order valence-electron chi connectivity index (χ3n) is 7.99. The molecule has 3 aliphatic heterocycles. The molecule has 3 aliphatic rings. The van der Waals surface area contributed by atoms with Crippen molar-refractivity contribution in [2.24, 2.45) is 0 Å². The zero-order valence-corrected chi connectivity index (χ0v) is 27.2. The molecule has 3 rings (SSSR count). The summed E-state index contributed by atoms with van der Waals surface area (Å²) in [4.78, 5) is 0. The van der Waals surface area contributed by atoms with Crippen LogP contribution in [0.2, 0.25) is 0 Å². The van der Waals surface area contributed by atoms with E-state index in [4.69, 9.17) is 52.1 Å². The summed E-state index contributed by atoms with van der Waals surface area (Å²) in [6.45, 7) is 4.10. The van der Waals surface area contributed by atoms with Crippen molar-refractivity contribution in [3.63, 3.8) is 0 Å². The molecule has 46 heavy (non-hydrogen) atoms. The van der Waals surface area contributed by atoms with E-state index in [1.807, 2.05) is 0 Å². The van der Waals surface area contributed by atoms with Crippen LogP contribution >= 0.6 is 0 Å². The molecule has 0 spiro atoms. The van der Waals surface area contributed by atoms with Gasteiger partial charge in [0.15, 0.2) is 24.7 Å². The van der Waals surface area contributed by atoms with Crippen molar-refractivity contribution in [2.75, 3.05) is 54.9 Å². The van der Waals surface area contributed by atoms with Crippen molar-refractivity contribution in [2.45, 2.75) is 125 Å². The lowest BCUT2D eigenvalue weighted by atomic mass is 9.95. The van der Waals surface area contributed by atoms with Gasteiger partial charge in [0, 0.05) is 28.4 Å². The molecule has 7 unspecified atom stereocenters. The quantitative estimate of drug-likeness (QED) is 0.0775. The minimum atomic E-state index is -1.74. The molecule has 0 bridgehead atoms. The first-order valence-corrected chi connectivity index (χ1v) is 15.0. The first-order chi connectivity index (χ1) is 21.7. The number of aliphatic hydroxyl groups excluding tert-OH is 7. The van der Waals surface area contributed by atoms with E-state index in [1.54, 1.807) is 13.8 Å². The van der Waals surface area contributed by atoms with Gasteiger partial charge >= 0.3 is 0 Å². The van der Waals surface area contributed by atoms with Crippen molar-refractivity contribution in [3.05, 3.63) is 0 Å². The molecule has 0 radical (unpaired) electrons. The predicted octanol–water partition coefficient (Wildman–Crippen LogP) is -3.80. The van der Waals surface area contributed by atoms with Crippen LogP contribution < -0.4 is 0 Å². The van der Waals surface area contributed by atoms with Crippen molar-refractivity contribution in [1.82, 2.24) is 0 Å². The van der Waals surface area contributed by atoms with E-state index in [2.05, 4.69) is 0 Å². The average molecular weight is 677 g/mol. The molecule has 18 heteroatoms. The predicted molar refractivity (Wildman–Crippen MR) is 151 cm³/mol. The van der Waals surface area contributed by atoms with E-state index < -0.39 is 104 Å². The van der Waals surface area contributed by atoms with Gasteiger partial charge in [-0.15, -0.1) is 0 Å². The van der Waals surface area contributed by atoms with Crippen molar-refractivity contribution >= 4 is 0 Å². The fourth-order valence-corrected chi connectivity index (χ4v) is 5.43. The van der Waals surface area contributed by atoms with Crippen LogP contribution in [0.3, 0.4) is 0 Å². The summed E-state index contributed by atoms with van der Waals surface area (Å²) in [6, 6.07) is 0. The molecule has 3 saturated heterocycles. The maximum absolute atomic E-state index is 11.8. The standard InChI is InChI=1S/C28H52O18/c1-12(29)8-40-11-13-16(30)17(31)23(38-6)26(42-13)45-22-15(10-37-5)43-27(24(20(22)34)46-28(2,3)39-7)44-21-14(9-36-4)41-25(35)19(33)18(21)32/h12-27,29-35H,8-11H2,1-7H3/t12?,13-,14-,15?,16+,17?,18?,19?,20?,21+,22+,23?,24-,25+,26-,27-/m0/s1. The van der Waals surface area contributed by atoms with Gasteiger partial charge in [-0.05, 0) is 20.8 Å². The molecule has 0 aromatic carbocycles. The molecule has 0 saturated carbocycles. The third-order valence-corrected chi connectivity index (χ3v) is 7.99. The second-order valence-corrected chi connectivity index (χ2v) is 12.0. The van der Waals surface area contributed by atoms with E-state index in [9.17, 15) is 35.7 Å². The summed E-state index contributed by atoms with van der Waals surface area (Å²) in [6.07, 6.45) is -21.7. The Morgan fingerprint density at radius 1 is 0.630 bits per heavy atom. The van der Waals surface area contributed by atoms with Crippen LogP contribution in [0.25, 0.3) is 0 Å². The molecule has 3 heterocycles. The number of aliphatic hydroxyl groups is 7. The smallest absolute Gasteiger partial charge is 0.187 e. The maximum atomic E-state index is 11.8. The summed E-state index contributed by atoms with van der Waals surface area (Å²) >= 11 is 0. The van der Waals surface area contributed by atoms with Gasteiger partial charge < -0.3 is 87.9 Å². The summed E-state index contributed by atoms with van der Waals surface area (Å²) in [5, 5.41) is 74.0. The lowest BCUT2D eigenvalue weighted by Gasteiger charge is -2.50. The van der Waals surface area contributed by atoms with Crippen LogP contribution in [-0.4, -0.2) is 195 Å². The van der Waals surface area contributed by atoms with Crippen LogP contribution in [0.1, 0.15) is 20.8 Å². The second-order valence-electron chi connectivity index (χ2n) is 12.0. The van der Waals surface area contributed by atoms with Crippen LogP contribution in [0.5, 0.6) is 0 Å². The van der Waals surface area contributed by atoms with Gasteiger partial charge in [0.1, 0.15) is 73.2 Å². The Morgan fingerprint density at radius 3 is 1.70 bits per heavy atom. The lowest BCUT2D eigenvalue weighted by Crippen LogP contribution is -2.67. The largest absolute Gasteiger partial charge is 0.391 e. The third kappa shape index (κ3) is 9.71. The first-order valence-electron chi connectivity index (χ1n) is 15.0. The number of methoxy groups -OCH3 is 4. The van der Waals surface area contributed by atoms with E-state index in [0.717, 1.165) is 0 Å². The zero-order valence-electron chi connectivity index (χ0n) is 27.2. The highest BCUT2D eigenvalue weighted by molar-refractivity contribution is 4.97. The van der Waals surface area contributed by atoms with Gasteiger partial charge in [-0.3, -0.25) is 0 Å². The Hall–Kier alpha value is -0.720. The summed E-state index contributed by atoms with van der Waals surface area (Å²) < 4.78 is 62.6. The van der Waals surface area contributed by atoms with Gasteiger partial charge in [0.25, 0.3) is 0 Å². The number of ether oxygens (including phenoxy) is 11. The average Bonchev–Trinajstić information content (AvgIpc) is 3.00. The number of rotatable bonds is 16. The Balaban J connectivity index is 1.91. The Morgan fingerprint density at radius 2 is 1.15 bits per heavy atom. The summed E-state index contributed by atoms with van der Waals surface area (Å²) in [5.74, 6) is -1.32. The lowest BCUT2D eigenvalue weighted by molar-refractivity contribution is -0.397. The fraction of sp³-hybridized carbons (Fsp3) is 1.00. The van der Waals surface area contributed by atoms with Crippen molar-refractivity contribution < 1.29 is 87.9 Å². The van der Waals surface area contributed by atoms with Crippen LogP contribution in [-0.2, 0) is 52.1 Å². The SMILES string of the molecule is COCC1O[C@@H](O[C@H]2C(O)C(O)[C@H](O)O[C@H]2COC)[C@@H](OC(C)(C)OC)C(O)[C@@H]1O[C@@H]1O[C@@H](COCC(C)O)[C@@H](O)C(O)C1OC. The van der Waals surface area contributed by atoms with Crippen LogP contribution in [0.4, 0.5) is 0 Å². The second kappa shape index (κ2) is 17.8. The van der Waals surface area contributed by atoms with Gasteiger partial charge in [-0.1, -0.05) is 0 Å². The molecule has 0 aromatic rings. The number of hydrogen-bond acceptors (Lipinski definition) is 18. The minimum Gasteiger partial charge on any atom is -0.391 e.